The van der Waals surface area contributed by atoms with Crippen LogP contribution in [0.2, 0.25) is 0 Å². The molecule has 1 aromatic rings. The van der Waals surface area contributed by atoms with Gasteiger partial charge in [0.25, 0.3) is 5.56 Å². The zero-order valence-corrected chi connectivity index (χ0v) is 7.47. The average molecular weight is 168 g/mol. The van der Waals surface area contributed by atoms with Gasteiger partial charge >= 0.3 is 0 Å². The molecular weight excluding hydrogens is 156 g/mol. The molecular formula is C8H12N2O2. The number of aryl methyl sites for hydroxylation is 2. The highest BCUT2D eigenvalue weighted by Crippen LogP contribution is 2.06. The fourth-order valence-corrected chi connectivity index (χ4v) is 1.03. The fraction of sp³-hybridized carbons (Fsp3) is 0.500. The molecule has 66 valence electrons. The number of nitrogens with one attached hydrogen (secondary N) is 1. The molecule has 0 aromatic carbocycles. The summed E-state index contributed by atoms with van der Waals surface area (Å²) in [5, 5.41) is 0. The molecule has 1 rings (SSSR count). The van der Waals surface area contributed by atoms with Crippen LogP contribution in [0.15, 0.2) is 4.79 Å². The van der Waals surface area contributed by atoms with E-state index < -0.39 is 0 Å². The predicted octanol–water partition coefficient (Wildman–Crippen LogP) is 0.785. The minimum Gasteiger partial charge on any atom is -0.487 e. The third-order valence-electron chi connectivity index (χ3n) is 1.45. The lowest BCUT2D eigenvalue weighted by Crippen LogP contribution is -2.15. The van der Waals surface area contributed by atoms with Gasteiger partial charge in [-0.1, -0.05) is 0 Å². The molecule has 1 aromatic heterocycles. The molecule has 0 aliphatic carbocycles. The van der Waals surface area contributed by atoms with E-state index >= 15 is 0 Å². The van der Waals surface area contributed by atoms with Crippen LogP contribution in [0.25, 0.3) is 0 Å². The van der Waals surface area contributed by atoms with Gasteiger partial charge in [0, 0.05) is 0 Å². The van der Waals surface area contributed by atoms with E-state index in [0.29, 0.717) is 23.9 Å². The zero-order chi connectivity index (χ0) is 9.14. The highest BCUT2D eigenvalue weighted by atomic mass is 16.5. The quantitative estimate of drug-likeness (QED) is 0.710. The van der Waals surface area contributed by atoms with Gasteiger partial charge in [0.1, 0.15) is 5.82 Å². The Hall–Kier alpha value is -1.32. The molecule has 0 saturated heterocycles. The number of nitrogens with zero attached hydrogens (tertiary/aromatic N) is 1. The van der Waals surface area contributed by atoms with Crippen LogP contribution in [0.3, 0.4) is 0 Å². The minimum absolute atomic E-state index is 0.207. The number of rotatable bonds is 2. The van der Waals surface area contributed by atoms with Gasteiger partial charge in [0.2, 0.25) is 5.75 Å². The summed E-state index contributed by atoms with van der Waals surface area (Å²) in [6.45, 7) is 5.81. The molecule has 0 unspecified atom stereocenters. The predicted molar refractivity (Wildman–Crippen MR) is 45.5 cm³/mol. The van der Waals surface area contributed by atoms with Gasteiger partial charge in [-0.15, -0.1) is 0 Å². The Morgan fingerprint density at radius 3 is 2.67 bits per heavy atom. The Balaban J connectivity index is 3.19. The summed E-state index contributed by atoms with van der Waals surface area (Å²) in [4.78, 5) is 17.9. The van der Waals surface area contributed by atoms with E-state index in [0.717, 1.165) is 0 Å². The molecule has 0 aliphatic heterocycles. The summed E-state index contributed by atoms with van der Waals surface area (Å²) in [6.07, 6.45) is 0. The normalized spacial score (nSPS) is 9.92. The van der Waals surface area contributed by atoms with Gasteiger partial charge in [0.05, 0.1) is 12.3 Å². The molecule has 1 N–H and O–H groups in total. The summed E-state index contributed by atoms with van der Waals surface area (Å²) in [7, 11) is 0. The van der Waals surface area contributed by atoms with Crippen LogP contribution in [0.4, 0.5) is 0 Å². The van der Waals surface area contributed by atoms with Crippen LogP contribution in [0, 0.1) is 13.8 Å². The van der Waals surface area contributed by atoms with Crippen molar-refractivity contribution >= 4 is 0 Å². The van der Waals surface area contributed by atoms with E-state index in [2.05, 4.69) is 9.97 Å². The smallest absolute Gasteiger partial charge is 0.293 e. The Labute approximate surface area is 70.6 Å². The summed E-state index contributed by atoms with van der Waals surface area (Å²) in [5.74, 6) is 0.934. The van der Waals surface area contributed by atoms with Gasteiger partial charge in [-0.3, -0.25) is 4.79 Å². The zero-order valence-electron chi connectivity index (χ0n) is 7.47. The van der Waals surface area contributed by atoms with Gasteiger partial charge < -0.3 is 9.72 Å². The van der Waals surface area contributed by atoms with E-state index in [1.165, 1.54) is 0 Å². The molecule has 0 bridgehead atoms. The van der Waals surface area contributed by atoms with Crippen molar-refractivity contribution in [1.29, 1.82) is 0 Å². The summed E-state index contributed by atoms with van der Waals surface area (Å²) < 4.78 is 5.12. The Kier molecular flexibility index (Phi) is 2.47. The largest absolute Gasteiger partial charge is 0.487 e. The number of hydrogen-bond donors (Lipinski definition) is 1. The second-order valence-corrected chi connectivity index (χ2v) is 2.50. The molecule has 0 spiro atoms. The van der Waals surface area contributed by atoms with E-state index in [1.54, 1.807) is 13.8 Å². The van der Waals surface area contributed by atoms with Crippen molar-refractivity contribution in [2.75, 3.05) is 6.61 Å². The van der Waals surface area contributed by atoms with E-state index in [1.807, 2.05) is 6.92 Å². The first-order valence-electron chi connectivity index (χ1n) is 3.85. The van der Waals surface area contributed by atoms with Gasteiger partial charge in [0.15, 0.2) is 0 Å². The van der Waals surface area contributed by atoms with Crippen LogP contribution in [-0.4, -0.2) is 16.6 Å². The van der Waals surface area contributed by atoms with Crippen molar-refractivity contribution in [3.63, 3.8) is 0 Å². The number of aromatic nitrogens is 2. The van der Waals surface area contributed by atoms with E-state index in [-0.39, 0.29) is 5.56 Å². The van der Waals surface area contributed by atoms with Crippen molar-refractivity contribution in [1.82, 2.24) is 9.97 Å². The van der Waals surface area contributed by atoms with E-state index in [4.69, 9.17) is 4.74 Å². The highest BCUT2D eigenvalue weighted by molar-refractivity contribution is 5.23. The van der Waals surface area contributed by atoms with Crippen LogP contribution in [0.1, 0.15) is 18.4 Å². The third-order valence-corrected chi connectivity index (χ3v) is 1.45. The lowest BCUT2D eigenvalue weighted by atomic mass is 10.4. The minimum atomic E-state index is -0.207. The molecule has 1 heterocycles. The molecule has 0 atom stereocenters. The SMILES string of the molecule is CCOc1c(C)nc(C)[nH]c1=O. The van der Waals surface area contributed by atoms with Gasteiger partial charge in [-0.05, 0) is 20.8 Å². The second-order valence-electron chi connectivity index (χ2n) is 2.50. The van der Waals surface area contributed by atoms with Crippen molar-refractivity contribution in [3.8, 4) is 5.75 Å². The highest BCUT2D eigenvalue weighted by Gasteiger charge is 2.05. The Morgan fingerprint density at radius 1 is 1.50 bits per heavy atom. The maximum atomic E-state index is 11.2. The Bertz CT molecular complexity index is 330. The van der Waals surface area contributed by atoms with Crippen molar-refractivity contribution in [2.24, 2.45) is 0 Å². The average Bonchev–Trinajstić information content (AvgIpc) is 1.96. The molecule has 0 saturated carbocycles. The molecule has 0 radical (unpaired) electrons. The molecule has 4 heteroatoms. The fourth-order valence-electron chi connectivity index (χ4n) is 1.03. The summed E-state index contributed by atoms with van der Waals surface area (Å²) in [6, 6.07) is 0. The lowest BCUT2D eigenvalue weighted by Gasteiger charge is -2.04. The molecule has 4 nitrogen and oxygen atoms in total. The molecule has 0 amide bonds. The second kappa shape index (κ2) is 3.38. The number of aromatic amines is 1. The Morgan fingerprint density at radius 2 is 2.17 bits per heavy atom. The first-order valence-corrected chi connectivity index (χ1v) is 3.85. The van der Waals surface area contributed by atoms with Crippen molar-refractivity contribution in [3.05, 3.63) is 21.9 Å². The lowest BCUT2D eigenvalue weighted by molar-refractivity contribution is 0.330. The number of hydrogen-bond acceptors (Lipinski definition) is 3. The maximum absolute atomic E-state index is 11.2. The standard InChI is InChI=1S/C8H12N2O2/c1-4-12-7-5(2)9-6(3)10-8(7)11/h4H2,1-3H3,(H,9,10,11). The maximum Gasteiger partial charge on any atom is 0.293 e. The van der Waals surface area contributed by atoms with Gasteiger partial charge in [-0.2, -0.15) is 0 Å². The van der Waals surface area contributed by atoms with E-state index in [9.17, 15) is 4.79 Å². The number of ether oxygens (including phenoxy) is 1. The van der Waals surface area contributed by atoms with Crippen LogP contribution < -0.4 is 10.3 Å². The topological polar surface area (TPSA) is 55.0 Å². The van der Waals surface area contributed by atoms with Crippen molar-refractivity contribution in [2.45, 2.75) is 20.8 Å². The summed E-state index contributed by atoms with van der Waals surface area (Å²) >= 11 is 0. The van der Waals surface area contributed by atoms with Crippen molar-refractivity contribution < 1.29 is 4.74 Å². The molecule has 0 fully saturated rings. The first-order chi connectivity index (χ1) is 5.65. The monoisotopic (exact) mass is 168 g/mol. The molecule has 12 heavy (non-hydrogen) atoms. The van der Waals surface area contributed by atoms with Crippen LogP contribution >= 0.6 is 0 Å². The first kappa shape index (κ1) is 8.77. The third kappa shape index (κ3) is 1.64. The van der Waals surface area contributed by atoms with Gasteiger partial charge in [-0.25, -0.2) is 4.98 Å². The summed E-state index contributed by atoms with van der Waals surface area (Å²) in [5.41, 5.74) is 0.431. The van der Waals surface area contributed by atoms with Crippen LogP contribution in [0.5, 0.6) is 5.75 Å². The number of H-pyrrole nitrogens is 1. The van der Waals surface area contributed by atoms with Crippen LogP contribution in [-0.2, 0) is 0 Å². The molecule has 0 aliphatic rings.